The van der Waals surface area contributed by atoms with Crippen molar-refractivity contribution in [3.63, 3.8) is 0 Å². The van der Waals surface area contributed by atoms with E-state index in [0.29, 0.717) is 0 Å². The van der Waals surface area contributed by atoms with Gasteiger partial charge in [0.2, 0.25) is 0 Å². The number of rotatable bonds is 5. The molecule has 2 aromatic heterocycles. The van der Waals surface area contributed by atoms with Crippen LogP contribution in [-0.2, 0) is 6.54 Å². The Bertz CT molecular complexity index is 690. The van der Waals surface area contributed by atoms with Gasteiger partial charge in [-0.2, -0.15) is 0 Å². The maximum atomic E-state index is 5.87. The van der Waals surface area contributed by atoms with Crippen LogP contribution in [0.1, 0.15) is 18.7 Å². The van der Waals surface area contributed by atoms with Gasteiger partial charge in [0.05, 0.1) is 12.4 Å². The normalized spacial score (nSPS) is 12.9. The summed E-state index contributed by atoms with van der Waals surface area (Å²) in [5.74, 6) is 0.962. The maximum Gasteiger partial charge on any atom is 0.134 e. The molecule has 1 unspecified atom stereocenters. The third kappa shape index (κ3) is 2.94. The smallest absolute Gasteiger partial charge is 0.134 e. The monoisotopic (exact) mass is 333 g/mol. The molecule has 0 saturated carbocycles. The summed E-state index contributed by atoms with van der Waals surface area (Å²) in [6.45, 7) is 3.88. The lowest BCUT2D eigenvalue weighted by Crippen LogP contribution is -2.22. The Labute approximate surface area is 125 Å². The minimum atomic E-state index is 0.185. The van der Waals surface area contributed by atoms with Gasteiger partial charge in [-0.15, -0.1) is 0 Å². The Morgan fingerprint density at radius 3 is 3.10 bits per heavy atom. The average molecular weight is 334 g/mol. The van der Waals surface area contributed by atoms with Gasteiger partial charge in [-0.3, -0.25) is 0 Å². The molecule has 0 spiro atoms. The van der Waals surface area contributed by atoms with Crippen LogP contribution in [0.3, 0.4) is 0 Å². The molecule has 4 nitrogen and oxygen atoms in total. The molecule has 0 fully saturated rings. The van der Waals surface area contributed by atoms with Gasteiger partial charge in [0, 0.05) is 35.3 Å². The standard InChI is InChI=1S/C15H16BrN3O/c1-11(18-5-7-19-6-4-17-10-19)15-9-12-8-13(16)2-3-14(12)20-15/h2-4,6,8-11,18H,5,7H2,1H3. The average Bonchev–Trinajstić information content (AvgIpc) is 3.06. The van der Waals surface area contributed by atoms with Crippen LogP contribution in [0.15, 0.2) is 51.9 Å². The van der Waals surface area contributed by atoms with Crippen molar-refractivity contribution in [3.05, 3.63) is 53.2 Å². The molecule has 104 valence electrons. The summed E-state index contributed by atoms with van der Waals surface area (Å²) in [6, 6.07) is 8.33. The molecule has 0 saturated heterocycles. The number of hydrogen-bond acceptors (Lipinski definition) is 3. The Kier molecular flexibility index (Phi) is 3.89. The van der Waals surface area contributed by atoms with Gasteiger partial charge in [-0.1, -0.05) is 15.9 Å². The van der Waals surface area contributed by atoms with Gasteiger partial charge in [0.1, 0.15) is 11.3 Å². The number of imidazole rings is 1. The van der Waals surface area contributed by atoms with Crippen molar-refractivity contribution >= 4 is 26.9 Å². The van der Waals surface area contributed by atoms with E-state index in [1.165, 1.54) is 0 Å². The molecule has 0 amide bonds. The molecule has 1 aromatic carbocycles. The van der Waals surface area contributed by atoms with E-state index in [9.17, 15) is 0 Å². The predicted octanol–water partition coefficient (Wildman–Crippen LogP) is 3.74. The third-order valence-electron chi connectivity index (χ3n) is 3.30. The van der Waals surface area contributed by atoms with Crippen molar-refractivity contribution in [1.82, 2.24) is 14.9 Å². The Balaban J connectivity index is 1.64. The second kappa shape index (κ2) is 5.81. The molecule has 0 radical (unpaired) electrons. The first-order chi connectivity index (χ1) is 9.72. The molecule has 5 heteroatoms. The van der Waals surface area contributed by atoms with Crippen LogP contribution in [0, 0.1) is 0 Å². The molecular formula is C15H16BrN3O. The van der Waals surface area contributed by atoms with Crippen LogP contribution >= 0.6 is 15.9 Å². The van der Waals surface area contributed by atoms with E-state index in [2.05, 4.69) is 49.9 Å². The number of aromatic nitrogens is 2. The van der Waals surface area contributed by atoms with E-state index in [1.54, 1.807) is 6.20 Å². The Morgan fingerprint density at radius 1 is 1.40 bits per heavy atom. The number of fused-ring (bicyclic) bond motifs is 1. The van der Waals surface area contributed by atoms with Crippen molar-refractivity contribution in [3.8, 4) is 0 Å². The van der Waals surface area contributed by atoms with Crippen LogP contribution in [0.4, 0.5) is 0 Å². The van der Waals surface area contributed by atoms with E-state index >= 15 is 0 Å². The van der Waals surface area contributed by atoms with Crippen LogP contribution in [0.25, 0.3) is 11.0 Å². The number of benzene rings is 1. The molecule has 0 aliphatic heterocycles. The van der Waals surface area contributed by atoms with Gasteiger partial charge in [-0.05, 0) is 31.2 Å². The zero-order valence-corrected chi connectivity index (χ0v) is 12.8. The molecule has 0 aliphatic carbocycles. The van der Waals surface area contributed by atoms with E-state index in [1.807, 2.05) is 24.7 Å². The van der Waals surface area contributed by atoms with Gasteiger partial charge in [0.25, 0.3) is 0 Å². The summed E-state index contributed by atoms with van der Waals surface area (Å²) >= 11 is 3.48. The van der Waals surface area contributed by atoms with Crippen LogP contribution < -0.4 is 5.32 Å². The van der Waals surface area contributed by atoms with E-state index < -0.39 is 0 Å². The van der Waals surface area contributed by atoms with E-state index in [4.69, 9.17) is 4.42 Å². The highest BCUT2D eigenvalue weighted by molar-refractivity contribution is 9.10. The fraction of sp³-hybridized carbons (Fsp3) is 0.267. The summed E-state index contributed by atoms with van der Waals surface area (Å²) in [5, 5.41) is 4.58. The minimum Gasteiger partial charge on any atom is -0.459 e. The third-order valence-corrected chi connectivity index (χ3v) is 3.80. The van der Waals surface area contributed by atoms with Gasteiger partial charge >= 0.3 is 0 Å². The molecule has 2 heterocycles. The second-order valence-electron chi connectivity index (χ2n) is 4.81. The van der Waals surface area contributed by atoms with Crippen LogP contribution in [0.2, 0.25) is 0 Å². The lowest BCUT2D eigenvalue weighted by atomic mass is 10.2. The molecule has 1 atom stereocenters. The molecule has 0 bridgehead atoms. The Hall–Kier alpha value is -1.59. The summed E-state index contributed by atoms with van der Waals surface area (Å²) in [7, 11) is 0. The van der Waals surface area contributed by atoms with Gasteiger partial charge in [-0.25, -0.2) is 4.98 Å². The summed E-state index contributed by atoms with van der Waals surface area (Å²) < 4.78 is 8.99. The summed E-state index contributed by atoms with van der Waals surface area (Å²) in [4.78, 5) is 4.03. The van der Waals surface area contributed by atoms with Gasteiger partial charge < -0.3 is 14.3 Å². The SMILES string of the molecule is CC(NCCn1ccnc1)c1cc2cc(Br)ccc2o1. The largest absolute Gasteiger partial charge is 0.459 e. The van der Waals surface area contributed by atoms with Crippen molar-refractivity contribution in [2.24, 2.45) is 0 Å². The predicted molar refractivity (Wildman–Crippen MR) is 82.6 cm³/mol. The number of furan rings is 1. The van der Waals surface area contributed by atoms with Crippen molar-refractivity contribution in [2.75, 3.05) is 6.54 Å². The zero-order valence-electron chi connectivity index (χ0n) is 11.2. The molecule has 20 heavy (non-hydrogen) atoms. The maximum absolute atomic E-state index is 5.87. The first-order valence-corrected chi connectivity index (χ1v) is 7.40. The molecule has 0 aliphatic rings. The lowest BCUT2D eigenvalue weighted by molar-refractivity contribution is 0.441. The lowest BCUT2D eigenvalue weighted by Gasteiger charge is -2.11. The van der Waals surface area contributed by atoms with Crippen LogP contribution in [-0.4, -0.2) is 16.1 Å². The first kappa shape index (κ1) is 13.4. The first-order valence-electron chi connectivity index (χ1n) is 6.60. The summed E-state index contributed by atoms with van der Waals surface area (Å²) in [5.41, 5.74) is 0.923. The highest BCUT2D eigenvalue weighted by atomic mass is 79.9. The van der Waals surface area contributed by atoms with Crippen molar-refractivity contribution < 1.29 is 4.42 Å². The molecular weight excluding hydrogens is 318 g/mol. The number of hydrogen-bond donors (Lipinski definition) is 1. The van der Waals surface area contributed by atoms with Crippen molar-refractivity contribution in [1.29, 1.82) is 0 Å². The van der Waals surface area contributed by atoms with Crippen LogP contribution in [0.5, 0.6) is 0 Å². The number of nitrogens with zero attached hydrogens (tertiary/aromatic N) is 2. The fourth-order valence-corrected chi connectivity index (χ4v) is 2.56. The highest BCUT2D eigenvalue weighted by Gasteiger charge is 2.11. The Morgan fingerprint density at radius 2 is 2.30 bits per heavy atom. The number of nitrogens with one attached hydrogen (secondary N) is 1. The van der Waals surface area contributed by atoms with Gasteiger partial charge in [0.15, 0.2) is 0 Å². The van der Waals surface area contributed by atoms with Crippen molar-refractivity contribution in [2.45, 2.75) is 19.5 Å². The zero-order chi connectivity index (χ0) is 13.9. The molecule has 1 N–H and O–H groups in total. The van der Waals surface area contributed by atoms with E-state index in [0.717, 1.165) is 34.3 Å². The molecule has 3 aromatic rings. The molecule has 3 rings (SSSR count). The summed E-state index contributed by atoms with van der Waals surface area (Å²) in [6.07, 6.45) is 5.58. The second-order valence-corrected chi connectivity index (χ2v) is 5.72. The minimum absolute atomic E-state index is 0.185. The quantitative estimate of drug-likeness (QED) is 0.773. The highest BCUT2D eigenvalue weighted by Crippen LogP contribution is 2.26. The van der Waals surface area contributed by atoms with E-state index in [-0.39, 0.29) is 6.04 Å². The number of halogens is 1. The fourth-order valence-electron chi connectivity index (χ4n) is 2.18. The topological polar surface area (TPSA) is 43.0 Å².